The maximum Gasteiger partial charge on any atom is 0.0738 e. The molecule has 2 N–H and O–H groups in total. The number of hydrogen-bond acceptors (Lipinski definition) is 6. The Hall–Kier alpha value is -4.00. The van der Waals surface area contributed by atoms with Gasteiger partial charge in [0.25, 0.3) is 0 Å². The summed E-state index contributed by atoms with van der Waals surface area (Å²) in [5.74, 6) is 0. The zero-order valence-electron chi connectivity index (χ0n) is 19.6. The van der Waals surface area contributed by atoms with Gasteiger partial charge >= 0.3 is 0 Å². The number of nitrogens with zero attached hydrogens (tertiary/aromatic N) is 4. The second-order valence-corrected chi connectivity index (χ2v) is 9.22. The first-order valence-corrected chi connectivity index (χ1v) is 12.0. The van der Waals surface area contributed by atoms with Crippen LogP contribution in [-0.2, 0) is 0 Å². The fourth-order valence-electron chi connectivity index (χ4n) is 3.92. The highest BCUT2D eigenvalue weighted by Gasteiger charge is 2.05. The monoisotopic (exact) mass is 512 g/mol. The number of rotatable bonds is 6. The summed E-state index contributed by atoms with van der Waals surface area (Å²) in [5, 5.41) is 12.1. The van der Waals surface area contributed by atoms with Crippen LogP contribution in [0.15, 0.2) is 83.3 Å². The third-order valence-electron chi connectivity index (χ3n) is 5.84. The number of hydrazone groups is 2. The van der Waals surface area contributed by atoms with E-state index in [1.807, 2.05) is 61.0 Å². The van der Waals surface area contributed by atoms with Crippen LogP contribution in [0.5, 0.6) is 0 Å². The van der Waals surface area contributed by atoms with Crippen molar-refractivity contribution >= 4 is 68.8 Å². The first-order chi connectivity index (χ1) is 17.5. The van der Waals surface area contributed by atoms with Crippen molar-refractivity contribution in [1.82, 2.24) is 9.97 Å². The molecule has 0 spiro atoms. The number of fused-ring (bicyclic) bond motifs is 2. The zero-order valence-corrected chi connectivity index (χ0v) is 21.1. The van der Waals surface area contributed by atoms with Crippen LogP contribution in [0.1, 0.15) is 22.3 Å². The highest BCUT2D eigenvalue weighted by atomic mass is 35.5. The topological polar surface area (TPSA) is 74.6 Å². The van der Waals surface area contributed by atoms with Crippen molar-refractivity contribution in [1.29, 1.82) is 0 Å². The lowest BCUT2D eigenvalue weighted by Crippen LogP contribution is -1.98. The third kappa shape index (κ3) is 5.15. The number of halogens is 2. The second-order valence-electron chi connectivity index (χ2n) is 8.35. The first kappa shape index (κ1) is 23.7. The van der Waals surface area contributed by atoms with E-state index < -0.39 is 0 Å². The van der Waals surface area contributed by atoms with Gasteiger partial charge in [0.2, 0.25) is 0 Å². The van der Waals surface area contributed by atoms with Crippen LogP contribution in [0.4, 0.5) is 11.4 Å². The maximum absolute atomic E-state index is 6.08. The Labute approximate surface area is 218 Å². The predicted octanol–water partition coefficient (Wildman–Crippen LogP) is 7.60. The second kappa shape index (κ2) is 10.3. The largest absolute Gasteiger partial charge is 0.278 e. The average Bonchev–Trinajstić information content (AvgIpc) is 2.86. The molecular weight excluding hydrogens is 491 g/mol. The lowest BCUT2D eigenvalue weighted by molar-refractivity contribution is 1.31. The molecule has 0 radical (unpaired) electrons. The number of hydrogen-bond donors (Lipinski definition) is 2. The first-order valence-electron chi connectivity index (χ1n) is 11.3. The molecule has 3 aromatic carbocycles. The lowest BCUT2D eigenvalue weighted by atomic mass is 10.0. The Morgan fingerprint density at radius 3 is 1.53 bits per heavy atom. The van der Waals surface area contributed by atoms with Crippen LogP contribution >= 0.6 is 23.2 Å². The Morgan fingerprint density at radius 1 is 0.639 bits per heavy atom. The molecule has 2 aromatic heterocycles. The Bertz CT molecular complexity index is 1520. The molecule has 5 rings (SSSR count). The summed E-state index contributed by atoms with van der Waals surface area (Å²) in [5.41, 5.74) is 13.8. The van der Waals surface area contributed by atoms with Crippen molar-refractivity contribution in [3.05, 3.63) is 105 Å². The van der Waals surface area contributed by atoms with Crippen LogP contribution in [0.2, 0.25) is 10.0 Å². The minimum atomic E-state index is 0.652. The lowest BCUT2D eigenvalue weighted by Gasteiger charge is -2.08. The van der Waals surface area contributed by atoms with Crippen LogP contribution in [0, 0.1) is 13.8 Å². The van der Waals surface area contributed by atoms with Gasteiger partial charge in [0, 0.05) is 33.2 Å². The molecule has 0 aliphatic rings. The molecule has 2 heterocycles. The smallest absolute Gasteiger partial charge is 0.0738 e. The number of aryl methyl sites for hydroxylation is 2. The van der Waals surface area contributed by atoms with Crippen LogP contribution in [0.3, 0.4) is 0 Å². The van der Waals surface area contributed by atoms with Crippen molar-refractivity contribution in [2.75, 3.05) is 10.9 Å². The number of nitrogens with one attached hydrogen (secondary N) is 2. The SMILES string of the molecule is Cc1cc(/C=N/Nc2ccnc3cc(Cl)ccc23)c(C)cc1/C=N/Nc1ccnc2cc(Cl)ccc12. The van der Waals surface area contributed by atoms with E-state index in [0.717, 1.165) is 55.4 Å². The van der Waals surface area contributed by atoms with E-state index in [-0.39, 0.29) is 0 Å². The van der Waals surface area contributed by atoms with Gasteiger partial charge < -0.3 is 0 Å². The molecule has 0 atom stereocenters. The molecule has 0 amide bonds. The molecule has 178 valence electrons. The van der Waals surface area contributed by atoms with E-state index in [4.69, 9.17) is 23.2 Å². The molecule has 0 saturated heterocycles. The van der Waals surface area contributed by atoms with E-state index in [0.29, 0.717) is 10.0 Å². The van der Waals surface area contributed by atoms with Gasteiger partial charge in [0.15, 0.2) is 0 Å². The van der Waals surface area contributed by atoms with E-state index in [9.17, 15) is 0 Å². The van der Waals surface area contributed by atoms with E-state index in [2.05, 4.69) is 57.0 Å². The molecule has 0 saturated carbocycles. The summed E-state index contributed by atoms with van der Waals surface area (Å²) in [6.45, 7) is 4.10. The Kier molecular flexibility index (Phi) is 6.80. The van der Waals surface area contributed by atoms with Gasteiger partial charge in [-0.2, -0.15) is 10.2 Å². The fraction of sp³-hybridized carbons (Fsp3) is 0.0714. The summed E-state index contributed by atoms with van der Waals surface area (Å²) in [7, 11) is 0. The van der Waals surface area contributed by atoms with E-state index in [1.54, 1.807) is 12.4 Å². The standard InChI is InChI=1S/C28H22Cl2N6/c1-17-11-20(16-34-36-26-8-10-32-28-14-22(30)4-6-24(26)28)18(2)12-19(17)15-33-35-25-7-9-31-27-13-21(29)3-5-23(25)27/h3-16H,1-2H3,(H,31,35)(H,32,36)/b33-15+,34-16+. The molecule has 0 fully saturated rings. The van der Waals surface area contributed by atoms with Gasteiger partial charge in [0.05, 0.1) is 34.8 Å². The van der Waals surface area contributed by atoms with Crippen LogP contribution < -0.4 is 10.9 Å². The highest BCUT2D eigenvalue weighted by Crippen LogP contribution is 2.25. The van der Waals surface area contributed by atoms with Gasteiger partial charge in [-0.3, -0.25) is 20.8 Å². The molecular formula is C28H22Cl2N6. The Balaban J connectivity index is 1.31. The van der Waals surface area contributed by atoms with Crippen molar-refractivity contribution in [2.24, 2.45) is 10.2 Å². The number of pyridine rings is 2. The molecule has 0 aliphatic heterocycles. The van der Waals surface area contributed by atoms with Crippen molar-refractivity contribution in [2.45, 2.75) is 13.8 Å². The molecule has 6 nitrogen and oxygen atoms in total. The zero-order chi connectivity index (χ0) is 25.1. The van der Waals surface area contributed by atoms with Gasteiger partial charge in [-0.25, -0.2) is 0 Å². The number of aromatic nitrogens is 2. The molecule has 5 aromatic rings. The summed E-state index contributed by atoms with van der Waals surface area (Å²) < 4.78 is 0. The average molecular weight is 513 g/mol. The van der Waals surface area contributed by atoms with Crippen molar-refractivity contribution in [3.8, 4) is 0 Å². The number of anilines is 2. The van der Waals surface area contributed by atoms with Crippen LogP contribution in [-0.4, -0.2) is 22.4 Å². The molecule has 0 aliphatic carbocycles. The minimum absolute atomic E-state index is 0.652. The van der Waals surface area contributed by atoms with Gasteiger partial charge in [-0.15, -0.1) is 0 Å². The maximum atomic E-state index is 6.08. The van der Waals surface area contributed by atoms with Crippen molar-refractivity contribution < 1.29 is 0 Å². The predicted molar refractivity (Wildman–Crippen MR) is 152 cm³/mol. The fourth-order valence-corrected chi connectivity index (χ4v) is 4.25. The van der Waals surface area contributed by atoms with E-state index >= 15 is 0 Å². The van der Waals surface area contributed by atoms with Crippen LogP contribution in [0.25, 0.3) is 21.8 Å². The normalized spacial score (nSPS) is 11.7. The third-order valence-corrected chi connectivity index (χ3v) is 6.31. The van der Waals surface area contributed by atoms with Crippen molar-refractivity contribution in [3.63, 3.8) is 0 Å². The highest BCUT2D eigenvalue weighted by molar-refractivity contribution is 6.31. The van der Waals surface area contributed by atoms with Gasteiger partial charge in [0.1, 0.15) is 0 Å². The summed E-state index contributed by atoms with van der Waals surface area (Å²) in [6.07, 6.45) is 7.10. The van der Waals surface area contributed by atoms with Gasteiger partial charge in [-0.1, -0.05) is 23.2 Å². The summed E-state index contributed by atoms with van der Waals surface area (Å²) >= 11 is 12.2. The number of benzene rings is 3. The quantitative estimate of drug-likeness (QED) is 0.181. The minimum Gasteiger partial charge on any atom is -0.278 e. The summed E-state index contributed by atoms with van der Waals surface area (Å²) in [6, 6.07) is 19.2. The molecule has 0 unspecified atom stereocenters. The molecule has 36 heavy (non-hydrogen) atoms. The molecule has 8 heteroatoms. The Morgan fingerprint density at radius 2 is 1.08 bits per heavy atom. The molecule has 0 bridgehead atoms. The summed E-state index contributed by atoms with van der Waals surface area (Å²) in [4.78, 5) is 8.73. The van der Waals surface area contributed by atoms with E-state index in [1.165, 1.54) is 0 Å². The van der Waals surface area contributed by atoms with Gasteiger partial charge in [-0.05, 0) is 96.8 Å².